The maximum atomic E-state index is 15.1. The Morgan fingerprint density at radius 1 is 1.30 bits per heavy atom. The van der Waals surface area contributed by atoms with E-state index in [4.69, 9.17) is 38.5 Å². The molecule has 6 nitrogen and oxygen atoms in total. The highest BCUT2D eigenvalue weighted by Crippen LogP contribution is 2.43. The van der Waals surface area contributed by atoms with Crippen LogP contribution in [0.15, 0.2) is 39.7 Å². The SMILES string of the molecule is COC(=O)C1=C(Cl)C(Oc2ccc(OC)c(C(C)C)c2)=C(Cl)C(C)(F)N1N. The minimum Gasteiger partial charge on any atom is -0.496 e. The molecule has 0 amide bonds. The molecule has 27 heavy (non-hydrogen) atoms. The first-order chi connectivity index (χ1) is 12.6. The molecule has 0 radical (unpaired) electrons. The number of halogens is 3. The second-order valence-electron chi connectivity index (χ2n) is 6.28. The quantitative estimate of drug-likeness (QED) is 0.439. The zero-order chi connectivity index (χ0) is 20.5. The van der Waals surface area contributed by atoms with Gasteiger partial charge in [0.05, 0.1) is 14.2 Å². The average molecular weight is 419 g/mol. The summed E-state index contributed by atoms with van der Waals surface area (Å²) in [7, 11) is 2.69. The molecule has 148 valence electrons. The Morgan fingerprint density at radius 2 is 1.93 bits per heavy atom. The van der Waals surface area contributed by atoms with Gasteiger partial charge in [0.25, 0.3) is 0 Å². The second kappa shape index (κ2) is 7.96. The predicted molar refractivity (Wildman–Crippen MR) is 101 cm³/mol. The number of carbonyl (C=O) groups is 1. The minimum atomic E-state index is -2.42. The first kappa shape index (κ1) is 21.3. The summed E-state index contributed by atoms with van der Waals surface area (Å²) in [5.41, 5.74) is 0.473. The van der Waals surface area contributed by atoms with Crippen molar-refractivity contribution in [2.75, 3.05) is 14.2 Å². The maximum Gasteiger partial charge on any atom is 0.357 e. The summed E-state index contributed by atoms with van der Waals surface area (Å²) in [6.45, 7) is 5.06. The van der Waals surface area contributed by atoms with Crippen molar-refractivity contribution < 1.29 is 23.4 Å². The Labute approximate surface area is 167 Å². The molecule has 1 aromatic carbocycles. The van der Waals surface area contributed by atoms with Gasteiger partial charge < -0.3 is 14.2 Å². The molecule has 1 aliphatic heterocycles. The Kier molecular flexibility index (Phi) is 6.29. The van der Waals surface area contributed by atoms with E-state index in [0.29, 0.717) is 16.5 Å². The van der Waals surface area contributed by atoms with Crippen LogP contribution in [0.5, 0.6) is 11.5 Å². The number of ether oxygens (including phenoxy) is 3. The molecule has 1 unspecified atom stereocenters. The number of hydrogen-bond donors (Lipinski definition) is 1. The fourth-order valence-electron chi connectivity index (χ4n) is 2.55. The lowest BCUT2D eigenvalue weighted by atomic mass is 10.0. The third-order valence-electron chi connectivity index (χ3n) is 4.12. The lowest BCUT2D eigenvalue weighted by Crippen LogP contribution is -2.52. The second-order valence-corrected chi connectivity index (χ2v) is 7.04. The zero-order valence-electron chi connectivity index (χ0n) is 15.6. The first-order valence-corrected chi connectivity index (χ1v) is 8.80. The van der Waals surface area contributed by atoms with E-state index in [1.165, 1.54) is 0 Å². The highest BCUT2D eigenvalue weighted by molar-refractivity contribution is 6.37. The van der Waals surface area contributed by atoms with Crippen LogP contribution in [0.3, 0.4) is 0 Å². The van der Waals surface area contributed by atoms with Crippen molar-refractivity contribution in [1.82, 2.24) is 5.01 Å². The molecule has 1 atom stereocenters. The molecule has 0 fully saturated rings. The van der Waals surface area contributed by atoms with Gasteiger partial charge in [0.2, 0.25) is 5.79 Å². The Hall–Kier alpha value is -1.96. The standard InChI is InChI=1S/C18H21Cl2FN2O4/c1-9(2)11-8-10(6-7-12(11)25-4)27-15-13(19)14(17(24)26-5)23(22)18(3,21)16(15)20/h6-9H,22H2,1-5H3. The largest absolute Gasteiger partial charge is 0.496 e. The summed E-state index contributed by atoms with van der Waals surface area (Å²) < 4.78 is 30.8. The number of alkyl halides is 1. The third kappa shape index (κ3) is 3.85. The van der Waals surface area contributed by atoms with Crippen molar-refractivity contribution in [2.24, 2.45) is 5.84 Å². The number of rotatable bonds is 5. The van der Waals surface area contributed by atoms with Gasteiger partial charge in [-0.05, 0) is 31.0 Å². The first-order valence-electron chi connectivity index (χ1n) is 8.04. The molecule has 1 aliphatic rings. The molecule has 2 N–H and O–H groups in total. The van der Waals surface area contributed by atoms with Crippen LogP contribution in [0, 0.1) is 0 Å². The Morgan fingerprint density at radius 3 is 2.44 bits per heavy atom. The van der Waals surface area contributed by atoms with Crippen LogP contribution in [0.1, 0.15) is 32.3 Å². The van der Waals surface area contributed by atoms with Crippen LogP contribution in [-0.4, -0.2) is 31.0 Å². The average Bonchev–Trinajstić information content (AvgIpc) is 2.63. The molecule has 2 rings (SSSR count). The van der Waals surface area contributed by atoms with Crippen molar-refractivity contribution in [3.8, 4) is 11.5 Å². The molecule has 0 bridgehead atoms. The van der Waals surface area contributed by atoms with E-state index in [1.54, 1.807) is 25.3 Å². The number of hydrogen-bond acceptors (Lipinski definition) is 6. The van der Waals surface area contributed by atoms with E-state index < -0.39 is 22.5 Å². The highest BCUT2D eigenvalue weighted by Gasteiger charge is 2.46. The van der Waals surface area contributed by atoms with E-state index in [2.05, 4.69) is 4.74 Å². The molecule has 0 aromatic heterocycles. The fourth-order valence-corrected chi connectivity index (χ4v) is 3.13. The highest BCUT2D eigenvalue weighted by atomic mass is 35.5. The summed E-state index contributed by atoms with van der Waals surface area (Å²) >= 11 is 12.4. The number of allylic oxidation sites excluding steroid dienone is 1. The number of carbonyl (C=O) groups excluding carboxylic acids is 1. The lowest BCUT2D eigenvalue weighted by molar-refractivity contribution is -0.140. The van der Waals surface area contributed by atoms with Crippen LogP contribution in [0.25, 0.3) is 0 Å². The van der Waals surface area contributed by atoms with Crippen molar-refractivity contribution in [3.05, 3.63) is 45.3 Å². The Bertz CT molecular complexity index is 822. The molecule has 0 saturated heterocycles. The van der Waals surface area contributed by atoms with Crippen molar-refractivity contribution in [2.45, 2.75) is 32.5 Å². The molecule has 1 heterocycles. The van der Waals surface area contributed by atoms with Gasteiger partial charge in [-0.3, -0.25) is 5.01 Å². The topological polar surface area (TPSA) is 74.0 Å². The van der Waals surface area contributed by atoms with E-state index in [0.717, 1.165) is 19.6 Å². The minimum absolute atomic E-state index is 0.141. The van der Waals surface area contributed by atoms with Crippen LogP contribution in [-0.2, 0) is 9.53 Å². The number of methoxy groups -OCH3 is 2. The van der Waals surface area contributed by atoms with E-state index >= 15 is 4.39 Å². The number of esters is 1. The smallest absolute Gasteiger partial charge is 0.357 e. The summed E-state index contributed by atoms with van der Waals surface area (Å²) in [5.74, 6) is 3.30. The summed E-state index contributed by atoms with van der Waals surface area (Å²) in [5, 5.41) is -0.139. The van der Waals surface area contributed by atoms with Crippen molar-refractivity contribution in [1.29, 1.82) is 0 Å². The van der Waals surface area contributed by atoms with Gasteiger partial charge in [-0.25, -0.2) is 15.0 Å². The summed E-state index contributed by atoms with van der Waals surface area (Å²) in [4.78, 5) is 12.0. The van der Waals surface area contributed by atoms with E-state index in [9.17, 15) is 4.79 Å². The molecule has 0 saturated carbocycles. The van der Waals surface area contributed by atoms with Crippen molar-refractivity contribution in [3.63, 3.8) is 0 Å². The van der Waals surface area contributed by atoms with Gasteiger partial charge in [-0.1, -0.05) is 37.0 Å². The van der Waals surface area contributed by atoms with Gasteiger partial charge in [0.1, 0.15) is 21.6 Å². The van der Waals surface area contributed by atoms with E-state index in [1.807, 2.05) is 13.8 Å². The van der Waals surface area contributed by atoms with E-state index in [-0.39, 0.29) is 16.7 Å². The maximum absolute atomic E-state index is 15.1. The monoisotopic (exact) mass is 418 g/mol. The van der Waals surface area contributed by atoms with Gasteiger partial charge in [0.15, 0.2) is 11.5 Å². The number of benzene rings is 1. The molecular formula is C18H21Cl2FN2O4. The third-order valence-corrected chi connectivity index (χ3v) is 4.99. The van der Waals surface area contributed by atoms with Gasteiger partial charge >= 0.3 is 5.97 Å². The van der Waals surface area contributed by atoms with Gasteiger partial charge in [-0.2, -0.15) is 0 Å². The number of nitrogens with zero attached hydrogens (tertiary/aromatic N) is 1. The summed E-state index contributed by atoms with van der Waals surface area (Å²) in [6, 6.07) is 5.06. The fraction of sp³-hybridized carbons (Fsp3) is 0.389. The lowest BCUT2D eigenvalue weighted by Gasteiger charge is -2.37. The van der Waals surface area contributed by atoms with Gasteiger partial charge in [-0.15, -0.1) is 0 Å². The molecule has 1 aromatic rings. The normalized spacial score (nSPS) is 20.3. The van der Waals surface area contributed by atoms with Gasteiger partial charge in [0, 0.05) is 5.56 Å². The molecule has 0 aliphatic carbocycles. The van der Waals surface area contributed by atoms with Crippen LogP contribution in [0.2, 0.25) is 0 Å². The molecular weight excluding hydrogens is 398 g/mol. The number of hydrazine groups is 1. The van der Waals surface area contributed by atoms with Crippen LogP contribution < -0.4 is 15.3 Å². The Balaban J connectivity index is 2.56. The van der Waals surface area contributed by atoms with Crippen molar-refractivity contribution >= 4 is 29.2 Å². The van der Waals surface area contributed by atoms with Crippen LogP contribution >= 0.6 is 23.2 Å². The zero-order valence-corrected chi connectivity index (χ0v) is 17.1. The molecule has 9 heteroatoms. The number of nitrogens with two attached hydrogens (primary N) is 1. The predicted octanol–water partition coefficient (Wildman–Crippen LogP) is 4.15. The van der Waals surface area contributed by atoms with Crippen LogP contribution in [0.4, 0.5) is 4.39 Å². The summed E-state index contributed by atoms with van der Waals surface area (Å²) in [6.07, 6.45) is 0. The molecule has 0 spiro atoms.